The standard InChI is InChI=1S/C17H14N2/c1-10-7-8-15-13(9-10)16-11(2)18-14-6-4-3-5-12(14)17(16)19-15/h3-9,19H,1-2H3. The van der Waals surface area contributed by atoms with E-state index in [4.69, 9.17) is 4.98 Å². The third-order valence-electron chi connectivity index (χ3n) is 3.78. The van der Waals surface area contributed by atoms with E-state index in [1.54, 1.807) is 0 Å². The zero-order valence-electron chi connectivity index (χ0n) is 11.0. The van der Waals surface area contributed by atoms with Crippen molar-refractivity contribution >= 4 is 32.7 Å². The number of fused-ring (bicyclic) bond motifs is 5. The summed E-state index contributed by atoms with van der Waals surface area (Å²) >= 11 is 0. The van der Waals surface area contributed by atoms with Crippen molar-refractivity contribution in [2.75, 3.05) is 0 Å². The fourth-order valence-electron chi connectivity index (χ4n) is 2.90. The molecule has 0 saturated heterocycles. The molecule has 0 aliphatic heterocycles. The van der Waals surface area contributed by atoms with Crippen molar-refractivity contribution in [1.82, 2.24) is 9.97 Å². The van der Waals surface area contributed by atoms with Crippen LogP contribution in [0.1, 0.15) is 11.3 Å². The molecule has 1 N–H and O–H groups in total. The quantitative estimate of drug-likeness (QED) is 0.486. The summed E-state index contributed by atoms with van der Waals surface area (Å²) in [5, 5.41) is 3.71. The van der Waals surface area contributed by atoms with Gasteiger partial charge in [0.05, 0.1) is 11.0 Å². The van der Waals surface area contributed by atoms with Crippen molar-refractivity contribution in [3.05, 3.63) is 53.7 Å². The summed E-state index contributed by atoms with van der Waals surface area (Å²) < 4.78 is 0. The summed E-state index contributed by atoms with van der Waals surface area (Å²) in [6, 6.07) is 14.8. The molecule has 2 heterocycles. The van der Waals surface area contributed by atoms with Crippen LogP contribution in [-0.4, -0.2) is 9.97 Å². The zero-order valence-corrected chi connectivity index (χ0v) is 11.0. The zero-order chi connectivity index (χ0) is 13.0. The maximum atomic E-state index is 4.74. The molecule has 4 aromatic rings. The summed E-state index contributed by atoms with van der Waals surface area (Å²) in [4.78, 5) is 8.28. The Morgan fingerprint density at radius 1 is 0.947 bits per heavy atom. The van der Waals surface area contributed by atoms with Gasteiger partial charge in [-0.15, -0.1) is 0 Å². The SMILES string of the molecule is Cc1ccc2[nH]c3c4ccccc4nc(C)c3c2c1. The van der Waals surface area contributed by atoms with Gasteiger partial charge >= 0.3 is 0 Å². The van der Waals surface area contributed by atoms with Crippen molar-refractivity contribution in [1.29, 1.82) is 0 Å². The van der Waals surface area contributed by atoms with Gasteiger partial charge in [0.25, 0.3) is 0 Å². The molecule has 0 spiro atoms. The average molecular weight is 246 g/mol. The molecule has 19 heavy (non-hydrogen) atoms. The Kier molecular flexibility index (Phi) is 1.99. The molecule has 4 rings (SSSR count). The number of hydrogen-bond donors (Lipinski definition) is 1. The Balaban J connectivity index is 2.34. The van der Waals surface area contributed by atoms with Crippen LogP contribution in [0.15, 0.2) is 42.5 Å². The molecule has 0 radical (unpaired) electrons. The second-order valence-corrected chi connectivity index (χ2v) is 5.14. The maximum Gasteiger partial charge on any atom is 0.0726 e. The van der Waals surface area contributed by atoms with E-state index in [9.17, 15) is 0 Å². The first-order chi connectivity index (χ1) is 9.24. The highest BCUT2D eigenvalue weighted by molar-refractivity contribution is 6.17. The third kappa shape index (κ3) is 1.40. The topological polar surface area (TPSA) is 28.7 Å². The van der Waals surface area contributed by atoms with Gasteiger partial charge in [-0.25, -0.2) is 0 Å². The Labute approximate surface area is 111 Å². The van der Waals surface area contributed by atoms with Crippen LogP contribution in [0.3, 0.4) is 0 Å². The van der Waals surface area contributed by atoms with Gasteiger partial charge in [0, 0.05) is 27.4 Å². The number of H-pyrrole nitrogens is 1. The maximum absolute atomic E-state index is 4.74. The number of nitrogens with one attached hydrogen (secondary N) is 1. The van der Waals surface area contributed by atoms with E-state index in [0.717, 1.165) is 11.2 Å². The number of hydrogen-bond acceptors (Lipinski definition) is 1. The van der Waals surface area contributed by atoms with Crippen LogP contribution in [0.4, 0.5) is 0 Å². The third-order valence-corrected chi connectivity index (χ3v) is 3.78. The number of rotatable bonds is 0. The van der Waals surface area contributed by atoms with Crippen LogP contribution in [0.2, 0.25) is 0 Å². The molecule has 2 nitrogen and oxygen atoms in total. The molecule has 2 aromatic heterocycles. The van der Waals surface area contributed by atoms with Gasteiger partial charge in [0.1, 0.15) is 0 Å². The first kappa shape index (κ1) is 10.6. The van der Waals surface area contributed by atoms with Crippen molar-refractivity contribution in [3.63, 3.8) is 0 Å². The number of nitrogens with zero attached hydrogens (tertiary/aromatic N) is 1. The molecule has 0 bridgehead atoms. The number of aryl methyl sites for hydroxylation is 2. The summed E-state index contributed by atoms with van der Waals surface area (Å²) in [6.45, 7) is 4.21. The van der Waals surface area contributed by atoms with E-state index < -0.39 is 0 Å². The molecule has 0 aliphatic rings. The highest BCUT2D eigenvalue weighted by Gasteiger charge is 2.11. The first-order valence-electron chi connectivity index (χ1n) is 6.51. The molecule has 92 valence electrons. The van der Waals surface area contributed by atoms with Crippen molar-refractivity contribution in [3.8, 4) is 0 Å². The van der Waals surface area contributed by atoms with E-state index >= 15 is 0 Å². The lowest BCUT2D eigenvalue weighted by Gasteiger charge is -2.02. The van der Waals surface area contributed by atoms with Crippen LogP contribution in [0.25, 0.3) is 32.7 Å². The second-order valence-electron chi connectivity index (χ2n) is 5.14. The largest absolute Gasteiger partial charge is 0.354 e. The van der Waals surface area contributed by atoms with Gasteiger partial charge in [-0.1, -0.05) is 29.8 Å². The summed E-state index contributed by atoms with van der Waals surface area (Å²) in [6.07, 6.45) is 0. The Morgan fingerprint density at radius 2 is 1.79 bits per heavy atom. The van der Waals surface area contributed by atoms with Gasteiger partial charge in [0.15, 0.2) is 0 Å². The second kappa shape index (κ2) is 3.58. The minimum absolute atomic E-state index is 1.05. The molecule has 2 heteroatoms. The van der Waals surface area contributed by atoms with E-state index in [0.29, 0.717) is 0 Å². The van der Waals surface area contributed by atoms with Crippen molar-refractivity contribution in [2.45, 2.75) is 13.8 Å². The highest BCUT2D eigenvalue weighted by atomic mass is 14.8. The molecular weight excluding hydrogens is 232 g/mol. The normalized spacial score (nSPS) is 11.7. The van der Waals surface area contributed by atoms with Gasteiger partial charge in [-0.2, -0.15) is 0 Å². The van der Waals surface area contributed by atoms with Crippen molar-refractivity contribution in [2.24, 2.45) is 0 Å². The summed E-state index contributed by atoms with van der Waals surface area (Å²) in [5.41, 5.74) is 5.80. The molecular formula is C17H14N2. The van der Waals surface area contributed by atoms with Gasteiger partial charge in [0.2, 0.25) is 0 Å². The Morgan fingerprint density at radius 3 is 2.68 bits per heavy atom. The number of para-hydroxylation sites is 1. The first-order valence-corrected chi connectivity index (χ1v) is 6.51. The minimum atomic E-state index is 1.05. The molecule has 0 saturated carbocycles. The van der Waals surface area contributed by atoms with E-state index in [-0.39, 0.29) is 0 Å². The summed E-state index contributed by atoms with van der Waals surface area (Å²) in [5.74, 6) is 0. The van der Waals surface area contributed by atoms with Gasteiger partial charge in [-0.05, 0) is 32.0 Å². The smallest absolute Gasteiger partial charge is 0.0726 e. The Hall–Kier alpha value is -2.35. The molecule has 0 fully saturated rings. The van der Waals surface area contributed by atoms with E-state index in [2.05, 4.69) is 55.2 Å². The lowest BCUT2D eigenvalue weighted by atomic mass is 10.1. The summed E-state index contributed by atoms with van der Waals surface area (Å²) in [7, 11) is 0. The number of pyridine rings is 1. The minimum Gasteiger partial charge on any atom is -0.354 e. The fraction of sp³-hybridized carbons (Fsp3) is 0.118. The van der Waals surface area contributed by atoms with E-state index in [1.807, 2.05) is 6.07 Å². The van der Waals surface area contributed by atoms with Crippen LogP contribution in [0, 0.1) is 13.8 Å². The molecule has 0 aliphatic carbocycles. The number of benzene rings is 2. The van der Waals surface area contributed by atoms with Gasteiger partial charge in [-0.3, -0.25) is 4.98 Å². The monoisotopic (exact) mass is 246 g/mol. The molecule has 0 atom stereocenters. The van der Waals surface area contributed by atoms with Crippen LogP contribution < -0.4 is 0 Å². The van der Waals surface area contributed by atoms with Gasteiger partial charge < -0.3 is 4.98 Å². The average Bonchev–Trinajstić information content (AvgIpc) is 2.78. The number of aromatic amines is 1. The molecule has 0 unspecified atom stereocenters. The lowest BCUT2D eigenvalue weighted by molar-refractivity contribution is 1.29. The lowest BCUT2D eigenvalue weighted by Crippen LogP contribution is -1.85. The van der Waals surface area contributed by atoms with Crippen LogP contribution in [0.5, 0.6) is 0 Å². The fourth-order valence-corrected chi connectivity index (χ4v) is 2.90. The highest BCUT2D eigenvalue weighted by Crippen LogP contribution is 2.32. The Bertz CT molecular complexity index is 932. The van der Waals surface area contributed by atoms with Crippen molar-refractivity contribution < 1.29 is 0 Å². The predicted molar refractivity (Wildman–Crippen MR) is 80.6 cm³/mol. The molecule has 0 amide bonds. The molecule has 2 aromatic carbocycles. The van der Waals surface area contributed by atoms with Crippen LogP contribution in [-0.2, 0) is 0 Å². The van der Waals surface area contributed by atoms with E-state index in [1.165, 1.54) is 32.8 Å². The predicted octanol–water partition coefficient (Wildman–Crippen LogP) is 4.49. The van der Waals surface area contributed by atoms with Crippen LogP contribution >= 0.6 is 0 Å². The number of aromatic nitrogens is 2.